The maximum Gasteiger partial charge on any atom is 0.307 e. The van der Waals surface area contributed by atoms with Crippen molar-refractivity contribution >= 4 is 18.4 Å². The normalized spacial score (nSPS) is 14.1. The maximum atomic E-state index is 11.3. The number of nitrogens with two attached hydrogens (primary N) is 1. The Bertz CT molecular complexity index is 423. The summed E-state index contributed by atoms with van der Waals surface area (Å²) >= 11 is 0. The molecule has 1 aromatic rings. The van der Waals surface area contributed by atoms with E-state index in [2.05, 4.69) is 0 Å². The Morgan fingerprint density at radius 1 is 1.56 bits per heavy atom. The molecule has 5 heteroatoms. The van der Waals surface area contributed by atoms with Gasteiger partial charge in [-0.3, -0.25) is 4.79 Å². The van der Waals surface area contributed by atoms with E-state index >= 15 is 0 Å². The summed E-state index contributed by atoms with van der Waals surface area (Å²) in [5, 5.41) is 0. The molecule has 1 heterocycles. The fourth-order valence-electron chi connectivity index (χ4n) is 1.95. The van der Waals surface area contributed by atoms with Crippen LogP contribution < -0.4 is 10.5 Å². The Balaban J connectivity index is 0.00000162. The van der Waals surface area contributed by atoms with Crippen LogP contribution in [0.2, 0.25) is 0 Å². The Labute approximate surface area is 113 Å². The van der Waals surface area contributed by atoms with Crippen LogP contribution >= 0.6 is 12.4 Å². The first-order valence-electron chi connectivity index (χ1n) is 5.87. The minimum absolute atomic E-state index is 0. The lowest BCUT2D eigenvalue weighted by molar-refractivity contribution is -0.143. The molecule has 0 radical (unpaired) electrons. The van der Waals surface area contributed by atoms with Gasteiger partial charge in [-0.05, 0) is 24.1 Å². The summed E-state index contributed by atoms with van der Waals surface area (Å²) in [6.07, 6.45) is 1.13. The van der Waals surface area contributed by atoms with Crippen molar-refractivity contribution in [1.82, 2.24) is 0 Å². The molecule has 0 saturated heterocycles. The summed E-state index contributed by atoms with van der Waals surface area (Å²) in [5.74, 6) is 0.675. The first kappa shape index (κ1) is 14.8. The molecule has 0 fully saturated rings. The number of hydrogen-bond donors (Lipinski definition) is 1. The van der Waals surface area contributed by atoms with Crippen molar-refractivity contribution in [3.8, 4) is 5.75 Å². The molecule has 1 aromatic carbocycles. The van der Waals surface area contributed by atoms with Crippen LogP contribution in [0.3, 0.4) is 0 Å². The molecule has 0 spiro atoms. The molecule has 4 nitrogen and oxygen atoms in total. The van der Waals surface area contributed by atoms with Crippen molar-refractivity contribution in [2.45, 2.75) is 25.8 Å². The van der Waals surface area contributed by atoms with E-state index in [1.165, 1.54) is 5.56 Å². The van der Waals surface area contributed by atoms with Gasteiger partial charge in [0.2, 0.25) is 0 Å². The summed E-state index contributed by atoms with van der Waals surface area (Å²) < 4.78 is 10.3. The number of benzene rings is 1. The number of ether oxygens (including phenoxy) is 2. The Kier molecular flexibility index (Phi) is 5.44. The van der Waals surface area contributed by atoms with E-state index < -0.39 is 0 Å². The zero-order chi connectivity index (χ0) is 12.3. The lowest BCUT2D eigenvalue weighted by Gasteiger charge is -2.12. The van der Waals surface area contributed by atoms with Crippen LogP contribution in [0, 0.1) is 0 Å². The van der Waals surface area contributed by atoms with Gasteiger partial charge < -0.3 is 15.2 Å². The molecule has 0 aliphatic carbocycles. The van der Waals surface area contributed by atoms with Crippen LogP contribution in [0.4, 0.5) is 0 Å². The highest BCUT2D eigenvalue weighted by Crippen LogP contribution is 2.28. The van der Waals surface area contributed by atoms with E-state index in [-0.39, 0.29) is 30.8 Å². The van der Waals surface area contributed by atoms with Gasteiger partial charge in [0, 0.05) is 12.5 Å². The summed E-state index contributed by atoms with van der Waals surface area (Å²) in [6.45, 7) is 2.91. The van der Waals surface area contributed by atoms with Crippen LogP contribution in [0.1, 0.15) is 30.5 Å². The van der Waals surface area contributed by atoms with E-state index in [1.807, 2.05) is 18.2 Å². The smallest absolute Gasteiger partial charge is 0.307 e. The highest BCUT2D eigenvalue weighted by Gasteiger charge is 2.17. The number of carbonyl (C=O) groups is 1. The monoisotopic (exact) mass is 271 g/mol. The zero-order valence-corrected chi connectivity index (χ0v) is 11.2. The van der Waals surface area contributed by atoms with Crippen molar-refractivity contribution in [3.05, 3.63) is 29.3 Å². The van der Waals surface area contributed by atoms with Crippen LogP contribution in [-0.2, 0) is 16.0 Å². The quantitative estimate of drug-likeness (QED) is 0.851. The molecule has 0 amide bonds. The lowest BCUT2D eigenvalue weighted by atomic mass is 10.0. The van der Waals surface area contributed by atoms with Crippen LogP contribution in [0.25, 0.3) is 0 Å². The fraction of sp³-hybridized carbons (Fsp3) is 0.462. The molecule has 0 unspecified atom stereocenters. The standard InChI is InChI=1S/C13H17NO3.ClH/c1-2-16-13(15)8-11(14)9-3-4-12-10(7-9)5-6-17-12;/h3-4,7,11H,2,5-6,8,14H2,1H3;1H/t11-;/m1./s1. The second-order valence-electron chi connectivity index (χ2n) is 4.08. The van der Waals surface area contributed by atoms with Crippen molar-refractivity contribution in [3.63, 3.8) is 0 Å². The van der Waals surface area contributed by atoms with Gasteiger partial charge in [-0.15, -0.1) is 12.4 Å². The number of hydrogen-bond acceptors (Lipinski definition) is 4. The van der Waals surface area contributed by atoms with Crippen LogP contribution in [0.5, 0.6) is 5.75 Å². The van der Waals surface area contributed by atoms with Crippen molar-refractivity contribution in [2.24, 2.45) is 5.73 Å². The first-order valence-corrected chi connectivity index (χ1v) is 5.87. The number of esters is 1. The molecule has 0 aromatic heterocycles. The predicted molar refractivity (Wildman–Crippen MR) is 71.1 cm³/mol. The van der Waals surface area contributed by atoms with Gasteiger partial charge in [-0.2, -0.15) is 0 Å². The predicted octanol–water partition coefficient (Wildman–Crippen LogP) is 2.00. The maximum absolute atomic E-state index is 11.3. The molecule has 2 N–H and O–H groups in total. The molecule has 1 aliphatic rings. The zero-order valence-electron chi connectivity index (χ0n) is 10.3. The van der Waals surface area contributed by atoms with Gasteiger partial charge in [-0.25, -0.2) is 0 Å². The van der Waals surface area contributed by atoms with E-state index in [9.17, 15) is 4.79 Å². The lowest BCUT2D eigenvalue weighted by Crippen LogP contribution is -2.17. The molecular weight excluding hydrogens is 254 g/mol. The molecular formula is C13H18ClNO3. The Morgan fingerprint density at radius 3 is 3.06 bits per heavy atom. The Hall–Kier alpha value is -1.26. The summed E-state index contributed by atoms with van der Waals surface area (Å²) in [7, 11) is 0. The largest absolute Gasteiger partial charge is 0.493 e. The minimum Gasteiger partial charge on any atom is -0.493 e. The van der Waals surface area contributed by atoms with Crippen molar-refractivity contribution in [2.75, 3.05) is 13.2 Å². The highest BCUT2D eigenvalue weighted by molar-refractivity contribution is 5.85. The topological polar surface area (TPSA) is 61.5 Å². The molecule has 2 rings (SSSR count). The molecule has 100 valence electrons. The Morgan fingerprint density at radius 2 is 2.33 bits per heavy atom. The second-order valence-corrected chi connectivity index (χ2v) is 4.08. The molecule has 1 aliphatic heterocycles. The molecule has 0 saturated carbocycles. The van der Waals surface area contributed by atoms with E-state index in [0.717, 1.165) is 24.3 Å². The summed E-state index contributed by atoms with van der Waals surface area (Å²) in [5.41, 5.74) is 8.11. The van der Waals surface area contributed by atoms with Crippen LogP contribution in [0.15, 0.2) is 18.2 Å². The summed E-state index contributed by atoms with van der Waals surface area (Å²) in [6, 6.07) is 5.54. The average Bonchev–Trinajstić information content (AvgIpc) is 2.75. The van der Waals surface area contributed by atoms with Gasteiger partial charge in [0.15, 0.2) is 0 Å². The van der Waals surface area contributed by atoms with E-state index in [0.29, 0.717) is 6.61 Å². The number of fused-ring (bicyclic) bond motifs is 1. The second kappa shape index (κ2) is 6.61. The van der Waals surface area contributed by atoms with Crippen LogP contribution in [-0.4, -0.2) is 19.2 Å². The van der Waals surface area contributed by atoms with E-state index in [4.69, 9.17) is 15.2 Å². The van der Waals surface area contributed by atoms with Gasteiger partial charge in [0.05, 0.1) is 19.6 Å². The molecule has 0 bridgehead atoms. The van der Waals surface area contributed by atoms with Gasteiger partial charge in [-0.1, -0.05) is 12.1 Å². The fourth-order valence-corrected chi connectivity index (χ4v) is 1.95. The number of carbonyl (C=O) groups excluding carboxylic acids is 1. The highest BCUT2D eigenvalue weighted by atomic mass is 35.5. The summed E-state index contributed by atoms with van der Waals surface area (Å²) in [4.78, 5) is 11.3. The average molecular weight is 272 g/mol. The number of halogens is 1. The minimum atomic E-state index is -0.306. The van der Waals surface area contributed by atoms with E-state index in [1.54, 1.807) is 6.92 Å². The first-order chi connectivity index (χ1) is 8.20. The van der Waals surface area contributed by atoms with Crippen molar-refractivity contribution in [1.29, 1.82) is 0 Å². The third-order valence-electron chi connectivity index (χ3n) is 2.83. The molecule has 1 atom stereocenters. The number of rotatable bonds is 4. The van der Waals surface area contributed by atoms with Gasteiger partial charge in [0.1, 0.15) is 5.75 Å². The molecule has 18 heavy (non-hydrogen) atoms. The third-order valence-corrected chi connectivity index (χ3v) is 2.83. The SMILES string of the molecule is CCOC(=O)C[C@@H](N)c1ccc2c(c1)CCO2.Cl. The van der Waals surface area contributed by atoms with Crippen molar-refractivity contribution < 1.29 is 14.3 Å². The van der Waals surface area contributed by atoms with Gasteiger partial charge >= 0.3 is 5.97 Å². The third kappa shape index (κ3) is 3.37. The van der Waals surface area contributed by atoms with Gasteiger partial charge in [0.25, 0.3) is 0 Å².